The number of likely N-dealkylation sites (N-methyl/N-ethyl adjacent to an activating group) is 1. The van der Waals surface area contributed by atoms with E-state index < -0.39 is 0 Å². The Hall–Kier alpha value is -2.16. The third-order valence-electron chi connectivity index (χ3n) is 5.19. The van der Waals surface area contributed by atoms with Crippen molar-refractivity contribution >= 4 is 22.1 Å². The number of fused-ring (bicyclic) bond motifs is 2. The lowest BCUT2D eigenvalue weighted by molar-refractivity contribution is 0.553. The van der Waals surface area contributed by atoms with Crippen molar-refractivity contribution in [3.05, 3.63) is 47.2 Å². The van der Waals surface area contributed by atoms with Crippen LogP contribution in [0.25, 0.3) is 10.8 Å². The Morgan fingerprint density at radius 2 is 2.09 bits per heavy atom. The highest BCUT2D eigenvalue weighted by Crippen LogP contribution is 2.43. The molecule has 2 aliphatic heterocycles. The van der Waals surface area contributed by atoms with Gasteiger partial charge in [0.25, 0.3) is 0 Å². The summed E-state index contributed by atoms with van der Waals surface area (Å²) in [4.78, 5) is 2.39. The Morgan fingerprint density at radius 3 is 2.87 bits per heavy atom. The van der Waals surface area contributed by atoms with Crippen LogP contribution < -0.4 is 16.0 Å². The zero-order chi connectivity index (χ0) is 16.2. The SMILES string of the molecule is CN1CCc2cc3c4c(cccc4c21)C/C(=C/N)CC(C)(C)N3. The van der Waals surface area contributed by atoms with E-state index in [4.69, 9.17) is 5.73 Å². The minimum absolute atomic E-state index is 0.00437. The highest BCUT2D eigenvalue weighted by Gasteiger charge is 2.27. The van der Waals surface area contributed by atoms with E-state index >= 15 is 0 Å². The molecular weight excluding hydrogens is 282 g/mol. The summed E-state index contributed by atoms with van der Waals surface area (Å²) < 4.78 is 0. The Labute approximate surface area is 138 Å². The molecule has 0 aliphatic carbocycles. The van der Waals surface area contributed by atoms with E-state index in [-0.39, 0.29) is 5.54 Å². The fourth-order valence-corrected chi connectivity index (χ4v) is 4.29. The molecule has 3 N–H and O–H groups in total. The lowest BCUT2D eigenvalue weighted by Gasteiger charge is -2.33. The molecule has 2 aromatic carbocycles. The van der Waals surface area contributed by atoms with Gasteiger partial charge in [0.05, 0.1) is 0 Å². The number of anilines is 2. The van der Waals surface area contributed by atoms with Crippen molar-refractivity contribution in [2.75, 3.05) is 23.8 Å². The van der Waals surface area contributed by atoms with E-state index in [1.807, 2.05) is 0 Å². The van der Waals surface area contributed by atoms with E-state index in [1.54, 1.807) is 6.20 Å². The van der Waals surface area contributed by atoms with Crippen LogP contribution in [0.2, 0.25) is 0 Å². The van der Waals surface area contributed by atoms with Gasteiger partial charge in [0.1, 0.15) is 0 Å². The summed E-state index contributed by atoms with van der Waals surface area (Å²) in [6, 6.07) is 9.08. The highest BCUT2D eigenvalue weighted by molar-refractivity contribution is 6.06. The summed E-state index contributed by atoms with van der Waals surface area (Å²) in [6.07, 6.45) is 4.84. The number of nitrogens with zero attached hydrogens (tertiary/aromatic N) is 1. The van der Waals surface area contributed by atoms with Gasteiger partial charge in [-0.05, 0) is 62.1 Å². The molecule has 3 nitrogen and oxygen atoms in total. The first-order chi connectivity index (χ1) is 11.0. The molecule has 0 atom stereocenters. The average molecular weight is 307 g/mol. The van der Waals surface area contributed by atoms with Gasteiger partial charge in [-0.25, -0.2) is 0 Å². The van der Waals surface area contributed by atoms with Crippen LogP contribution >= 0.6 is 0 Å². The number of nitrogens with two attached hydrogens (primary N) is 1. The monoisotopic (exact) mass is 307 g/mol. The minimum Gasteiger partial charge on any atom is -0.405 e. The smallest absolute Gasteiger partial charge is 0.0478 e. The number of rotatable bonds is 0. The molecule has 0 unspecified atom stereocenters. The molecule has 2 aliphatic rings. The normalized spacial score (nSPS) is 21.0. The van der Waals surface area contributed by atoms with Crippen LogP contribution in [0, 0.1) is 0 Å². The van der Waals surface area contributed by atoms with Crippen LogP contribution in [0.3, 0.4) is 0 Å². The van der Waals surface area contributed by atoms with Gasteiger partial charge in [-0.15, -0.1) is 0 Å². The van der Waals surface area contributed by atoms with Gasteiger partial charge in [0.15, 0.2) is 0 Å². The van der Waals surface area contributed by atoms with Gasteiger partial charge < -0.3 is 16.0 Å². The zero-order valence-corrected chi connectivity index (χ0v) is 14.2. The molecule has 3 heteroatoms. The summed E-state index contributed by atoms with van der Waals surface area (Å²) >= 11 is 0. The van der Waals surface area contributed by atoms with Crippen molar-refractivity contribution in [1.29, 1.82) is 0 Å². The van der Waals surface area contributed by atoms with Crippen LogP contribution in [0.15, 0.2) is 36.0 Å². The molecule has 120 valence electrons. The van der Waals surface area contributed by atoms with Gasteiger partial charge in [0.2, 0.25) is 0 Å². The fourth-order valence-electron chi connectivity index (χ4n) is 4.29. The fraction of sp³-hybridized carbons (Fsp3) is 0.400. The summed E-state index contributed by atoms with van der Waals surface area (Å²) in [7, 11) is 2.20. The molecule has 0 saturated heterocycles. The summed E-state index contributed by atoms with van der Waals surface area (Å²) in [5.74, 6) is 0. The zero-order valence-electron chi connectivity index (χ0n) is 14.2. The van der Waals surface area contributed by atoms with Crippen molar-refractivity contribution in [2.24, 2.45) is 5.73 Å². The van der Waals surface area contributed by atoms with Crippen LogP contribution in [0.5, 0.6) is 0 Å². The molecule has 0 spiro atoms. The van der Waals surface area contributed by atoms with Crippen molar-refractivity contribution in [1.82, 2.24) is 0 Å². The highest BCUT2D eigenvalue weighted by atomic mass is 15.1. The van der Waals surface area contributed by atoms with Crippen LogP contribution in [0.4, 0.5) is 11.4 Å². The van der Waals surface area contributed by atoms with E-state index in [2.05, 4.69) is 55.4 Å². The molecule has 0 amide bonds. The maximum Gasteiger partial charge on any atom is 0.0478 e. The van der Waals surface area contributed by atoms with Gasteiger partial charge in [-0.2, -0.15) is 0 Å². The van der Waals surface area contributed by atoms with E-state index in [0.717, 1.165) is 25.8 Å². The summed E-state index contributed by atoms with van der Waals surface area (Å²) in [6.45, 7) is 5.63. The Bertz CT molecular complexity index is 817. The number of benzene rings is 2. The van der Waals surface area contributed by atoms with E-state index in [9.17, 15) is 0 Å². The largest absolute Gasteiger partial charge is 0.405 e. The van der Waals surface area contributed by atoms with Gasteiger partial charge in [-0.1, -0.05) is 18.2 Å². The number of nitrogens with one attached hydrogen (secondary N) is 1. The first-order valence-electron chi connectivity index (χ1n) is 8.45. The molecule has 2 aromatic rings. The second kappa shape index (κ2) is 4.92. The Balaban J connectivity index is 2.05. The second-order valence-electron chi connectivity index (χ2n) is 7.63. The van der Waals surface area contributed by atoms with Gasteiger partial charge >= 0.3 is 0 Å². The predicted molar refractivity (Wildman–Crippen MR) is 99.2 cm³/mol. The molecule has 2 heterocycles. The topological polar surface area (TPSA) is 41.3 Å². The lowest BCUT2D eigenvalue weighted by atomic mass is 9.86. The maximum absolute atomic E-state index is 5.91. The van der Waals surface area contributed by atoms with Crippen molar-refractivity contribution < 1.29 is 0 Å². The predicted octanol–water partition coefficient (Wildman–Crippen LogP) is 3.81. The number of hydrogen-bond donors (Lipinski definition) is 2. The third-order valence-corrected chi connectivity index (χ3v) is 5.19. The lowest BCUT2D eigenvalue weighted by Crippen LogP contribution is -2.33. The van der Waals surface area contributed by atoms with E-state index in [1.165, 1.54) is 38.8 Å². The first kappa shape index (κ1) is 14.4. The second-order valence-corrected chi connectivity index (χ2v) is 7.63. The van der Waals surface area contributed by atoms with Crippen LogP contribution in [-0.4, -0.2) is 19.1 Å². The molecule has 0 aromatic heterocycles. The molecule has 0 bridgehead atoms. The van der Waals surface area contributed by atoms with Crippen molar-refractivity contribution in [3.8, 4) is 0 Å². The van der Waals surface area contributed by atoms with E-state index in [0.29, 0.717) is 0 Å². The maximum atomic E-state index is 5.91. The standard InChI is InChI=1S/C20H25N3/c1-20(2)11-13(12-21)9-14-5-4-6-16-18(14)17(22-20)10-15-7-8-23(3)19(15)16/h4-6,10,12,22H,7-9,11,21H2,1-3H3/b13-12-. The quantitative estimate of drug-likeness (QED) is 0.777. The van der Waals surface area contributed by atoms with Crippen molar-refractivity contribution in [2.45, 2.75) is 38.6 Å². The first-order valence-corrected chi connectivity index (χ1v) is 8.45. The summed E-state index contributed by atoms with van der Waals surface area (Å²) in [5.41, 5.74) is 12.7. The average Bonchev–Trinajstić information content (AvgIpc) is 2.86. The molecule has 0 fully saturated rings. The molecule has 0 saturated carbocycles. The summed E-state index contributed by atoms with van der Waals surface area (Å²) in [5, 5.41) is 6.54. The van der Waals surface area contributed by atoms with Crippen molar-refractivity contribution in [3.63, 3.8) is 0 Å². The Morgan fingerprint density at radius 1 is 1.26 bits per heavy atom. The Kier molecular flexibility index (Phi) is 3.09. The van der Waals surface area contributed by atoms with Gasteiger partial charge in [0, 0.05) is 41.3 Å². The molecule has 0 radical (unpaired) electrons. The van der Waals surface area contributed by atoms with Crippen LogP contribution in [0.1, 0.15) is 31.4 Å². The van der Waals surface area contributed by atoms with Crippen LogP contribution in [-0.2, 0) is 12.8 Å². The third kappa shape index (κ3) is 2.26. The molecular formula is C20H25N3. The molecule has 4 rings (SSSR count). The van der Waals surface area contributed by atoms with Gasteiger partial charge in [-0.3, -0.25) is 0 Å². The minimum atomic E-state index is 0.00437. The molecule has 23 heavy (non-hydrogen) atoms. The number of hydrogen-bond acceptors (Lipinski definition) is 3.